The molecule has 2 atom stereocenters. The number of carboxylic acid groups (broad SMARTS) is 1. The van der Waals surface area contributed by atoms with Crippen molar-refractivity contribution in [3.63, 3.8) is 0 Å². The first-order valence-corrected chi connectivity index (χ1v) is 7.81. The number of piperidine rings is 1. The van der Waals surface area contributed by atoms with Crippen LogP contribution >= 0.6 is 11.6 Å². The summed E-state index contributed by atoms with van der Waals surface area (Å²) in [5, 5.41) is 20.3. The molecule has 21 heavy (non-hydrogen) atoms. The van der Waals surface area contributed by atoms with Gasteiger partial charge in [-0.2, -0.15) is 0 Å². The SMILES string of the molecule is CCC(C(=O)O)N1CCC(C(O)c2ccc(Cl)cc2)CC1. The number of aliphatic carboxylic acids is 1. The van der Waals surface area contributed by atoms with Crippen molar-refractivity contribution in [2.24, 2.45) is 5.92 Å². The first-order chi connectivity index (χ1) is 10.0. The molecule has 0 bridgehead atoms. The lowest BCUT2D eigenvalue weighted by Gasteiger charge is -2.37. The maximum absolute atomic E-state index is 11.2. The minimum Gasteiger partial charge on any atom is -0.480 e. The number of benzene rings is 1. The molecule has 2 rings (SSSR count). The van der Waals surface area contributed by atoms with Crippen LogP contribution in [0, 0.1) is 5.92 Å². The number of rotatable bonds is 5. The van der Waals surface area contributed by atoms with Gasteiger partial charge in [-0.3, -0.25) is 9.69 Å². The number of hydrogen-bond acceptors (Lipinski definition) is 3. The van der Waals surface area contributed by atoms with Crippen molar-refractivity contribution >= 4 is 17.6 Å². The van der Waals surface area contributed by atoms with Crippen LogP contribution in [0.5, 0.6) is 0 Å². The molecule has 2 N–H and O–H groups in total. The number of aliphatic hydroxyl groups is 1. The van der Waals surface area contributed by atoms with Gasteiger partial charge in [-0.1, -0.05) is 30.7 Å². The molecule has 0 saturated carbocycles. The van der Waals surface area contributed by atoms with Gasteiger partial charge in [0.05, 0.1) is 6.10 Å². The number of carbonyl (C=O) groups is 1. The molecule has 1 aromatic rings. The van der Waals surface area contributed by atoms with Crippen molar-refractivity contribution < 1.29 is 15.0 Å². The fourth-order valence-corrected chi connectivity index (χ4v) is 3.19. The smallest absolute Gasteiger partial charge is 0.320 e. The highest BCUT2D eigenvalue weighted by atomic mass is 35.5. The topological polar surface area (TPSA) is 60.8 Å². The average molecular weight is 312 g/mol. The van der Waals surface area contributed by atoms with Gasteiger partial charge >= 0.3 is 5.97 Å². The number of halogens is 1. The van der Waals surface area contributed by atoms with E-state index < -0.39 is 18.1 Å². The van der Waals surface area contributed by atoms with E-state index in [1.807, 2.05) is 24.0 Å². The second-order valence-electron chi connectivity index (χ2n) is 5.63. The van der Waals surface area contributed by atoms with Crippen LogP contribution in [0.25, 0.3) is 0 Å². The molecule has 2 unspecified atom stereocenters. The van der Waals surface area contributed by atoms with Gasteiger partial charge < -0.3 is 10.2 Å². The molecule has 1 saturated heterocycles. The summed E-state index contributed by atoms with van der Waals surface area (Å²) in [5.74, 6) is -0.581. The summed E-state index contributed by atoms with van der Waals surface area (Å²) in [5.41, 5.74) is 0.878. The van der Waals surface area contributed by atoms with Crippen LogP contribution in [0.1, 0.15) is 37.9 Å². The van der Waals surface area contributed by atoms with Gasteiger partial charge in [0.15, 0.2) is 0 Å². The zero-order valence-electron chi connectivity index (χ0n) is 12.2. The molecule has 5 heteroatoms. The Morgan fingerprint density at radius 3 is 2.38 bits per heavy atom. The summed E-state index contributed by atoms with van der Waals surface area (Å²) in [6.45, 7) is 3.34. The van der Waals surface area contributed by atoms with Crippen molar-refractivity contribution in [3.05, 3.63) is 34.9 Å². The van der Waals surface area contributed by atoms with Crippen LogP contribution in [-0.4, -0.2) is 40.2 Å². The Balaban J connectivity index is 1.94. The molecule has 0 aromatic heterocycles. The van der Waals surface area contributed by atoms with E-state index in [4.69, 9.17) is 11.6 Å². The number of carboxylic acids is 1. The van der Waals surface area contributed by atoms with E-state index in [-0.39, 0.29) is 5.92 Å². The summed E-state index contributed by atoms with van der Waals surface area (Å²) in [6.07, 6.45) is 1.73. The largest absolute Gasteiger partial charge is 0.480 e. The Labute approximate surface area is 130 Å². The molecule has 0 radical (unpaired) electrons. The Morgan fingerprint density at radius 1 is 1.33 bits per heavy atom. The minimum atomic E-state index is -0.755. The molecular weight excluding hydrogens is 290 g/mol. The molecule has 4 nitrogen and oxygen atoms in total. The van der Waals surface area contributed by atoms with E-state index in [1.54, 1.807) is 12.1 Å². The monoisotopic (exact) mass is 311 g/mol. The van der Waals surface area contributed by atoms with Crippen molar-refractivity contribution in [1.82, 2.24) is 4.90 Å². The lowest BCUT2D eigenvalue weighted by molar-refractivity contribution is -0.144. The normalized spacial score (nSPS) is 20.1. The van der Waals surface area contributed by atoms with Crippen LogP contribution in [0.15, 0.2) is 24.3 Å². The maximum atomic E-state index is 11.2. The van der Waals surface area contributed by atoms with Gasteiger partial charge in [0.25, 0.3) is 0 Å². The predicted octanol–water partition coefficient (Wildman–Crippen LogP) is 2.95. The molecule has 1 aliphatic heterocycles. The molecular formula is C16H22ClNO3. The van der Waals surface area contributed by atoms with Crippen molar-refractivity contribution in [2.75, 3.05) is 13.1 Å². The van der Waals surface area contributed by atoms with Gasteiger partial charge in [0.1, 0.15) is 6.04 Å². The third kappa shape index (κ3) is 3.96. The summed E-state index contributed by atoms with van der Waals surface area (Å²) in [6, 6.07) is 6.87. The van der Waals surface area contributed by atoms with E-state index in [0.29, 0.717) is 11.4 Å². The van der Waals surface area contributed by atoms with Gasteiger partial charge in [-0.05, 0) is 56.0 Å². The van der Waals surface area contributed by atoms with Gasteiger partial charge in [0.2, 0.25) is 0 Å². The fourth-order valence-electron chi connectivity index (χ4n) is 3.07. The third-order valence-corrected chi connectivity index (χ3v) is 4.60. The molecule has 1 aromatic carbocycles. The quantitative estimate of drug-likeness (QED) is 0.877. The number of nitrogens with zero attached hydrogens (tertiary/aromatic N) is 1. The Hall–Kier alpha value is -1.10. The average Bonchev–Trinajstić information content (AvgIpc) is 2.48. The zero-order chi connectivity index (χ0) is 15.4. The molecule has 0 aliphatic carbocycles. The first kappa shape index (κ1) is 16.3. The molecule has 1 heterocycles. The highest BCUT2D eigenvalue weighted by molar-refractivity contribution is 6.30. The second kappa shape index (κ2) is 7.25. The standard InChI is InChI=1S/C16H22ClNO3/c1-2-14(16(20)21)18-9-7-12(8-10-18)15(19)11-3-5-13(17)6-4-11/h3-6,12,14-15,19H,2,7-10H2,1H3,(H,20,21). The molecule has 0 amide bonds. The molecule has 116 valence electrons. The number of aliphatic hydroxyl groups excluding tert-OH is 1. The van der Waals surface area contributed by atoms with E-state index in [0.717, 1.165) is 31.5 Å². The van der Waals surface area contributed by atoms with Crippen LogP contribution in [0.2, 0.25) is 5.02 Å². The summed E-state index contributed by atoms with van der Waals surface area (Å²) in [7, 11) is 0. The fraction of sp³-hybridized carbons (Fsp3) is 0.562. The lowest BCUT2D eigenvalue weighted by atomic mass is 9.87. The Kier molecular flexibility index (Phi) is 5.62. The lowest BCUT2D eigenvalue weighted by Crippen LogP contribution is -2.46. The maximum Gasteiger partial charge on any atom is 0.320 e. The van der Waals surface area contributed by atoms with Crippen LogP contribution < -0.4 is 0 Å². The van der Waals surface area contributed by atoms with E-state index in [9.17, 15) is 15.0 Å². The molecule has 1 aliphatic rings. The zero-order valence-corrected chi connectivity index (χ0v) is 13.0. The second-order valence-corrected chi connectivity index (χ2v) is 6.07. The van der Waals surface area contributed by atoms with Crippen LogP contribution in [0.3, 0.4) is 0 Å². The van der Waals surface area contributed by atoms with Gasteiger partial charge in [-0.25, -0.2) is 0 Å². The highest BCUT2D eigenvalue weighted by Gasteiger charge is 2.31. The van der Waals surface area contributed by atoms with E-state index >= 15 is 0 Å². The number of likely N-dealkylation sites (tertiary alicyclic amines) is 1. The van der Waals surface area contributed by atoms with Gasteiger partial charge in [0, 0.05) is 5.02 Å². The summed E-state index contributed by atoms with van der Waals surface area (Å²) < 4.78 is 0. The Morgan fingerprint density at radius 2 is 1.90 bits per heavy atom. The van der Waals surface area contributed by atoms with Crippen molar-refractivity contribution in [2.45, 2.75) is 38.3 Å². The summed E-state index contributed by atoms with van der Waals surface area (Å²) >= 11 is 5.86. The van der Waals surface area contributed by atoms with Gasteiger partial charge in [-0.15, -0.1) is 0 Å². The first-order valence-electron chi connectivity index (χ1n) is 7.43. The minimum absolute atomic E-state index is 0.175. The van der Waals surface area contributed by atoms with E-state index in [1.165, 1.54) is 0 Å². The van der Waals surface area contributed by atoms with Crippen molar-refractivity contribution in [1.29, 1.82) is 0 Å². The van der Waals surface area contributed by atoms with Crippen molar-refractivity contribution in [3.8, 4) is 0 Å². The molecule has 1 fully saturated rings. The summed E-state index contributed by atoms with van der Waals surface area (Å²) in [4.78, 5) is 13.2. The third-order valence-electron chi connectivity index (χ3n) is 4.34. The number of hydrogen-bond donors (Lipinski definition) is 2. The van der Waals surface area contributed by atoms with Crippen LogP contribution in [0.4, 0.5) is 0 Å². The van der Waals surface area contributed by atoms with E-state index in [2.05, 4.69) is 0 Å². The van der Waals surface area contributed by atoms with Crippen LogP contribution in [-0.2, 0) is 4.79 Å². The Bertz CT molecular complexity index is 469. The molecule has 0 spiro atoms. The highest BCUT2D eigenvalue weighted by Crippen LogP contribution is 2.32. The predicted molar refractivity (Wildman–Crippen MR) is 82.4 cm³/mol.